The summed E-state index contributed by atoms with van der Waals surface area (Å²) in [4.78, 5) is 25.8. The van der Waals surface area contributed by atoms with E-state index in [0.717, 1.165) is 5.56 Å². The highest BCUT2D eigenvalue weighted by atomic mass is 16.5. The van der Waals surface area contributed by atoms with Crippen molar-refractivity contribution in [2.75, 3.05) is 7.11 Å². The number of benzene rings is 1. The van der Waals surface area contributed by atoms with Crippen LogP contribution < -0.4 is 0 Å². The molecule has 0 bridgehead atoms. The van der Waals surface area contributed by atoms with Crippen molar-refractivity contribution < 1.29 is 14.3 Å². The predicted molar refractivity (Wildman–Crippen MR) is 64.5 cm³/mol. The maximum atomic E-state index is 11.4. The molecular formula is C13H12N2O3. The molecule has 0 atom stereocenters. The lowest BCUT2D eigenvalue weighted by Gasteiger charge is -2.04. The van der Waals surface area contributed by atoms with Gasteiger partial charge in [-0.15, -0.1) is 0 Å². The Kier molecular flexibility index (Phi) is 3.52. The van der Waals surface area contributed by atoms with Gasteiger partial charge < -0.3 is 9.30 Å². The molecule has 1 aromatic heterocycles. The minimum Gasteiger partial charge on any atom is -0.465 e. The van der Waals surface area contributed by atoms with E-state index in [0.29, 0.717) is 24.1 Å². The molecule has 2 aromatic rings. The van der Waals surface area contributed by atoms with E-state index in [-0.39, 0.29) is 5.97 Å². The molecule has 92 valence electrons. The van der Waals surface area contributed by atoms with Crippen LogP contribution in [-0.4, -0.2) is 28.9 Å². The monoisotopic (exact) mass is 244 g/mol. The average molecular weight is 244 g/mol. The minimum atomic E-state index is -0.365. The highest BCUT2D eigenvalue weighted by Gasteiger charge is 2.06. The first-order chi connectivity index (χ1) is 8.72. The van der Waals surface area contributed by atoms with Gasteiger partial charge in [0.15, 0.2) is 6.29 Å². The molecule has 0 saturated heterocycles. The smallest absolute Gasteiger partial charge is 0.337 e. The number of carbonyl (C=O) groups excluding carboxylic acids is 2. The first kappa shape index (κ1) is 12.0. The van der Waals surface area contributed by atoms with Crippen LogP contribution in [0.1, 0.15) is 26.4 Å². The summed E-state index contributed by atoms with van der Waals surface area (Å²) in [6, 6.07) is 7.14. The third-order valence-corrected chi connectivity index (χ3v) is 2.49. The molecule has 2 rings (SSSR count). The number of aromatic nitrogens is 2. The van der Waals surface area contributed by atoms with Gasteiger partial charge in [0, 0.05) is 12.7 Å². The largest absolute Gasteiger partial charge is 0.465 e. The molecule has 18 heavy (non-hydrogen) atoms. The normalized spacial score (nSPS) is 10.1. The van der Waals surface area contributed by atoms with Gasteiger partial charge in [-0.1, -0.05) is 12.1 Å². The predicted octanol–water partition coefficient (Wildman–Crippen LogP) is 1.53. The summed E-state index contributed by atoms with van der Waals surface area (Å²) in [6.07, 6.45) is 3.92. The van der Waals surface area contributed by atoms with E-state index in [1.165, 1.54) is 7.11 Å². The van der Waals surface area contributed by atoms with E-state index >= 15 is 0 Å². The number of esters is 1. The van der Waals surface area contributed by atoms with E-state index in [2.05, 4.69) is 9.72 Å². The van der Waals surface area contributed by atoms with Crippen LogP contribution in [0, 0.1) is 0 Å². The average Bonchev–Trinajstić information content (AvgIpc) is 2.86. The van der Waals surface area contributed by atoms with Gasteiger partial charge in [0.25, 0.3) is 0 Å². The molecular weight excluding hydrogens is 232 g/mol. The molecule has 1 aromatic carbocycles. The molecule has 0 unspecified atom stereocenters. The van der Waals surface area contributed by atoms with Crippen LogP contribution in [0.3, 0.4) is 0 Å². The SMILES string of the molecule is COC(=O)c1cccc(Cn2cnc(C=O)c2)c1. The zero-order valence-corrected chi connectivity index (χ0v) is 9.87. The second-order valence-electron chi connectivity index (χ2n) is 3.78. The van der Waals surface area contributed by atoms with Crippen molar-refractivity contribution in [3.05, 3.63) is 53.6 Å². The minimum absolute atomic E-state index is 0.365. The first-order valence-electron chi connectivity index (χ1n) is 5.37. The van der Waals surface area contributed by atoms with Gasteiger partial charge in [-0.25, -0.2) is 9.78 Å². The summed E-state index contributed by atoms with van der Waals surface area (Å²) < 4.78 is 6.44. The Morgan fingerprint density at radius 2 is 2.33 bits per heavy atom. The highest BCUT2D eigenvalue weighted by molar-refractivity contribution is 5.89. The Hall–Kier alpha value is -2.43. The number of methoxy groups -OCH3 is 1. The summed E-state index contributed by atoms with van der Waals surface area (Å²) in [6.45, 7) is 0.547. The standard InChI is InChI=1S/C13H12N2O3/c1-18-13(17)11-4-2-3-10(5-11)6-15-7-12(8-16)14-9-15/h2-5,7-9H,6H2,1H3. The van der Waals surface area contributed by atoms with Crippen molar-refractivity contribution >= 4 is 12.3 Å². The van der Waals surface area contributed by atoms with Gasteiger partial charge >= 0.3 is 5.97 Å². The van der Waals surface area contributed by atoms with Crippen LogP contribution in [0.4, 0.5) is 0 Å². The number of aldehydes is 1. The van der Waals surface area contributed by atoms with Crippen molar-refractivity contribution in [2.45, 2.75) is 6.54 Å². The number of hydrogen-bond donors (Lipinski definition) is 0. The summed E-state index contributed by atoms with van der Waals surface area (Å²) in [5.74, 6) is -0.365. The zero-order valence-electron chi connectivity index (χ0n) is 9.87. The molecule has 0 aliphatic carbocycles. The fourth-order valence-electron chi connectivity index (χ4n) is 1.65. The van der Waals surface area contributed by atoms with Crippen LogP contribution in [-0.2, 0) is 11.3 Å². The molecule has 5 heteroatoms. The second-order valence-corrected chi connectivity index (χ2v) is 3.78. The summed E-state index contributed by atoms with van der Waals surface area (Å²) in [5, 5.41) is 0. The molecule has 1 heterocycles. The van der Waals surface area contributed by atoms with E-state index < -0.39 is 0 Å². The molecule has 0 aliphatic heterocycles. The molecule has 0 amide bonds. The third kappa shape index (κ3) is 2.63. The molecule has 0 aliphatic rings. The molecule has 5 nitrogen and oxygen atoms in total. The quantitative estimate of drug-likeness (QED) is 0.604. The Bertz CT molecular complexity index is 575. The van der Waals surface area contributed by atoms with E-state index in [1.54, 1.807) is 35.3 Å². The van der Waals surface area contributed by atoms with Gasteiger partial charge in [-0.3, -0.25) is 4.79 Å². The maximum Gasteiger partial charge on any atom is 0.337 e. The molecule has 0 fully saturated rings. The van der Waals surface area contributed by atoms with E-state index in [1.807, 2.05) is 6.07 Å². The van der Waals surface area contributed by atoms with Crippen LogP contribution in [0.5, 0.6) is 0 Å². The maximum absolute atomic E-state index is 11.4. The molecule has 0 radical (unpaired) electrons. The number of imidazole rings is 1. The Balaban J connectivity index is 2.18. The Labute approximate surface area is 104 Å². The first-order valence-corrected chi connectivity index (χ1v) is 5.37. The molecule has 0 N–H and O–H groups in total. The van der Waals surface area contributed by atoms with Gasteiger partial charge in [0.2, 0.25) is 0 Å². The van der Waals surface area contributed by atoms with E-state index in [9.17, 15) is 9.59 Å². The van der Waals surface area contributed by atoms with Crippen molar-refractivity contribution in [3.8, 4) is 0 Å². The summed E-state index contributed by atoms with van der Waals surface area (Å²) in [7, 11) is 1.35. The van der Waals surface area contributed by atoms with E-state index in [4.69, 9.17) is 0 Å². The van der Waals surface area contributed by atoms with Crippen LogP contribution in [0.2, 0.25) is 0 Å². The van der Waals surface area contributed by atoms with Crippen molar-refractivity contribution in [2.24, 2.45) is 0 Å². The fourth-order valence-corrected chi connectivity index (χ4v) is 1.65. The zero-order chi connectivity index (χ0) is 13.0. The number of rotatable bonds is 4. The number of hydrogen-bond acceptors (Lipinski definition) is 4. The summed E-state index contributed by atoms with van der Waals surface area (Å²) in [5.41, 5.74) is 1.83. The number of nitrogens with zero attached hydrogens (tertiary/aromatic N) is 2. The third-order valence-electron chi connectivity index (χ3n) is 2.49. The second kappa shape index (κ2) is 5.27. The van der Waals surface area contributed by atoms with Gasteiger partial charge in [0.05, 0.1) is 19.0 Å². The van der Waals surface area contributed by atoms with Crippen LogP contribution in [0.15, 0.2) is 36.8 Å². The van der Waals surface area contributed by atoms with Gasteiger partial charge in [-0.2, -0.15) is 0 Å². The van der Waals surface area contributed by atoms with Crippen molar-refractivity contribution in [1.82, 2.24) is 9.55 Å². The Morgan fingerprint density at radius 1 is 1.50 bits per heavy atom. The summed E-state index contributed by atoms with van der Waals surface area (Å²) >= 11 is 0. The van der Waals surface area contributed by atoms with Crippen molar-refractivity contribution in [1.29, 1.82) is 0 Å². The highest BCUT2D eigenvalue weighted by Crippen LogP contribution is 2.08. The fraction of sp³-hybridized carbons (Fsp3) is 0.154. The van der Waals surface area contributed by atoms with Crippen LogP contribution in [0.25, 0.3) is 0 Å². The van der Waals surface area contributed by atoms with Gasteiger partial charge in [-0.05, 0) is 17.7 Å². The van der Waals surface area contributed by atoms with Gasteiger partial charge in [0.1, 0.15) is 5.69 Å². The topological polar surface area (TPSA) is 61.2 Å². The lowest BCUT2D eigenvalue weighted by atomic mass is 10.1. The molecule has 0 spiro atoms. The number of ether oxygens (including phenoxy) is 1. The Morgan fingerprint density at radius 3 is 3.00 bits per heavy atom. The molecule has 0 saturated carbocycles. The van der Waals surface area contributed by atoms with Crippen molar-refractivity contribution in [3.63, 3.8) is 0 Å². The lowest BCUT2D eigenvalue weighted by Crippen LogP contribution is -2.03. The number of carbonyl (C=O) groups is 2. The van der Waals surface area contributed by atoms with Crippen LogP contribution >= 0.6 is 0 Å². The lowest BCUT2D eigenvalue weighted by molar-refractivity contribution is 0.0600.